The summed E-state index contributed by atoms with van der Waals surface area (Å²) in [5.74, 6) is -0.565. The second kappa shape index (κ2) is 9.44. The highest BCUT2D eigenvalue weighted by Gasteiger charge is 2.24. The van der Waals surface area contributed by atoms with Crippen LogP contribution in [0.1, 0.15) is 44.3 Å². The van der Waals surface area contributed by atoms with E-state index in [1.807, 2.05) is 26.8 Å². The molecule has 0 radical (unpaired) electrons. The monoisotopic (exact) mass is 496 g/mol. The molecule has 2 heterocycles. The second-order valence-electron chi connectivity index (χ2n) is 7.89. The number of amides is 1. The quantitative estimate of drug-likeness (QED) is 0.338. The Kier molecular flexibility index (Phi) is 6.59. The maximum atomic E-state index is 13.1. The third kappa shape index (κ3) is 4.49. The van der Waals surface area contributed by atoms with Crippen molar-refractivity contribution in [2.24, 2.45) is 0 Å². The van der Waals surface area contributed by atoms with Crippen molar-refractivity contribution in [3.63, 3.8) is 0 Å². The van der Waals surface area contributed by atoms with Crippen LogP contribution in [0.4, 0.5) is 5.82 Å². The summed E-state index contributed by atoms with van der Waals surface area (Å²) >= 11 is 12.2. The van der Waals surface area contributed by atoms with Crippen LogP contribution in [0, 0.1) is 20.8 Å². The van der Waals surface area contributed by atoms with Gasteiger partial charge in [0.15, 0.2) is 11.6 Å². The average molecular weight is 497 g/mol. The summed E-state index contributed by atoms with van der Waals surface area (Å²) in [5.41, 5.74) is 4.24. The molecule has 1 amide bonds. The number of halogens is 2. The molecule has 4 rings (SSSR count). The summed E-state index contributed by atoms with van der Waals surface area (Å²) in [4.78, 5) is 30.5. The van der Waals surface area contributed by atoms with Crippen molar-refractivity contribution in [3.8, 4) is 5.82 Å². The molecule has 0 bridgehead atoms. The van der Waals surface area contributed by atoms with Gasteiger partial charge in [-0.05, 0) is 69.2 Å². The zero-order chi connectivity index (χ0) is 24.6. The molecule has 34 heavy (non-hydrogen) atoms. The molecule has 0 aliphatic rings. The van der Waals surface area contributed by atoms with E-state index in [2.05, 4.69) is 22.5 Å². The van der Waals surface area contributed by atoms with E-state index in [0.29, 0.717) is 10.8 Å². The summed E-state index contributed by atoms with van der Waals surface area (Å²) in [6.45, 7) is 7.88. The molecule has 0 fully saturated rings. The number of nitrogens with zero attached hydrogens (tertiary/aromatic N) is 3. The van der Waals surface area contributed by atoms with Crippen molar-refractivity contribution in [1.29, 1.82) is 0 Å². The van der Waals surface area contributed by atoms with Crippen molar-refractivity contribution < 1.29 is 14.3 Å². The summed E-state index contributed by atoms with van der Waals surface area (Å²) in [6, 6.07) is 10.5. The zero-order valence-electron chi connectivity index (χ0n) is 19.1. The summed E-state index contributed by atoms with van der Waals surface area (Å²) in [6.07, 6.45) is 1.35. The number of fused-ring (bicyclic) bond motifs is 1. The molecule has 0 aliphatic heterocycles. The van der Waals surface area contributed by atoms with Crippen LogP contribution in [0.3, 0.4) is 0 Å². The number of aryl methyl sites for hydroxylation is 3. The molecule has 174 valence electrons. The maximum absolute atomic E-state index is 13.1. The van der Waals surface area contributed by atoms with Gasteiger partial charge >= 0.3 is 5.97 Å². The number of ether oxygens (including phenoxy) is 1. The third-order valence-electron chi connectivity index (χ3n) is 5.33. The van der Waals surface area contributed by atoms with Crippen molar-refractivity contribution in [1.82, 2.24) is 14.8 Å². The van der Waals surface area contributed by atoms with Crippen LogP contribution in [0.15, 0.2) is 42.6 Å². The molecular weight excluding hydrogens is 475 g/mol. The first-order chi connectivity index (χ1) is 16.2. The highest BCUT2D eigenvalue weighted by atomic mass is 35.5. The Morgan fingerprint density at radius 1 is 1.03 bits per heavy atom. The molecule has 0 atom stereocenters. The lowest BCUT2D eigenvalue weighted by Gasteiger charge is -2.14. The van der Waals surface area contributed by atoms with Gasteiger partial charge in [0.05, 0.1) is 28.9 Å². The van der Waals surface area contributed by atoms with Gasteiger partial charge in [-0.3, -0.25) is 4.79 Å². The molecule has 7 nitrogen and oxygen atoms in total. The number of rotatable bonds is 5. The van der Waals surface area contributed by atoms with Crippen molar-refractivity contribution >= 4 is 51.8 Å². The third-order valence-corrected chi connectivity index (χ3v) is 5.88. The van der Waals surface area contributed by atoms with Gasteiger partial charge < -0.3 is 10.1 Å². The van der Waals surface area contributed by atoms with Gasteiger partial charge in [0.2, 0.25) is 0 Å². The molecule has 2 aromatic carbocycles. The molecule has 4 aromatic rings. The minimum Gasteiger partial charge on any atom is -0.462 e. The Bertz CT molecular complexity index is 1450. The molecule has 1 N–H and O–H groups in total. The lowest BCUT2D eigenvalue weighted by Crippen LogP contribution is -2.19. The molecule has 0 aliphatic carbocycles. The lowest BCUT2D eigenvalue weighted by atomic mass is 10.0. The normalized spacial score (nSPS) is 11.0. The fourth-order valence-electron chi connectivity index (χ4n) is 3.78. The van der Waals surface area contributed by atoms with Gasteiger partial charge in [0.1, 0.15) is 5.56 Å². The van der Waals surface area contributed by atoms with Crippen LogP contribution in [0.25, 0.3) is 16.7 Å². The maximum Gasteiger partial charge on any atom is 0.343 e. The van der Waals surface area contributed by atoms with Gasteiger partial charge in [-0.15, -0.1) is 0 Å². The van der Waals surface area contributed by atoms with E-state index in [9.17, 15) is 9.59 Å². The molecular formula is C25H22Cl2N4O3. The Morgan fingerprint density at radius 2 is 1.79 bits per heavy atom. The Labute approximate surface area is 206 Å². The largest absolute Gasteiger partial charge is 0.462 e. The summed E-state index contributed by atoms with van der Waals surface area (Å²) in [7, 11) is 0. The summed E-state index contributed by atoms with van der Waals surface area (Å²) < 4.78 is 6.58. The zero-order valence-corrected chi connectivity index (χ0v) is 20.6. The smallest absolute Gasteiger partial charge is 0.343 e. The first-order valence-electron chi connectivity index (χ1n) is 10.6. The van der Waals surface area contributed by atoms with E-state index in [1.165, 1.54) is 23.0 Å². The Hall–Kier alpha value is -3.42. The van der Waals surface area contributed by atoms with E-state index in [-0.39, 0.29) is 28.6 Å². The van der Waals surface area contributed by atoms with Crippen molar-refractivity contribution in [2.75, 3.05) is 11.9 Å². The van der Waals surface area contributed by atoms with Gasteiger partial charge in [-0.1, -0.05) is 34.8 Å². The van der Waals surface area contributed by atoms with E-state index in [0.717, 1.165) is 27.6 Å². The van der Waals surface area contributed by atoms with E-state index in [4.69, 9.17) is 32.9 Å². The van der Waals surface area contributed by atoms with Crippen molar-refractivity contribution in [2.45, 2.75) is 27.7 Å². The van der Waals surface area contributed by atoms with Crippen LogP contribution in [-0.4, -0.2) is 33.2 Å². The first kappa shape index (κ1) is 23.7. The first-order valence-corrected chi connectivity index (χ1v) is 11.4. The predicted molar refractivity (Wildman–Crippen MR) is 133 cm³/mol. The van der Waals surface area contributed by atoms with Crippen LogP contribution < -0.4 is 5.32 Å². The number of anilines is 1. The van der Waals surface area contributed by atoms with Crippen molar-refractivity contribution in [3.05, 3.63) is 80.5 Å². The molecule has 0 saturated carbocycles. The topological polar surface area (TPSA) is 86.1 Å². The van der Waals surface area contributed by atoms with Gasteiger partial charge in [0, 0.05) is 10.4 Å². The number of carbonyl (C=O) groups is 2. The Morgan fingerprint density at radius 3 is 2.50 bits per heavy atom. The van der Waals surface area contributed by atoms with Gasteiger partial charge in [-0.2, -0.15) is 9.78 Å². The molecule has 9 heteroatoms. The number of hydrogen-bond donors (Lipinski definition) is 1. The van der Waals surface area contributed by atoms with Crippen LogP contribution in [0.5, 0.6) is 0 Å². The Balaban J connectivity index is 1.85. The number of carbonyl (C=O) groups excluding carboxylic acids is 2. The van der Waals surface area contributed by atoms with Gasteiger partial charge in [0.25, 0.3) is 5.91 Å². The number of nitrogens with one attached hydrogen (secondary N) is 1. The van der Waals surface area contributed by atoms with Crippen LogP contribution >= 0.6 is 23.2 Å². The highest BCUT2D eigenvalue weighted by Crippen LogP contribution is 2.28. The molecule has 0 saturated heterocycles. The number of pyridine rings is 1. The summed E-state index contributed by atoms with van der Waals surface area (Å²) in [5, 5.41) is 8.72. The fourth-order valence-corrected chi connectivity index (χ4v) is 4.28. The van der Waals surface area contributed by atoms with E-state index >= 15 is 0 Å². The van der Waals surface area contributed by atoms with Gasteiger partial charge in [-0.25, -0.2) is 9.78 Å². The average Bonchev–Trinajstić information content (AvgIpc) is 3.18. The number of benzene rings is 2. The predicted octanol–water partition coefficient (Wildman–Crippen LogP) is 6.08. The second-order valence-corrected chi connectivity index (χ2v) is 8.74. The minimum absolute atomic E-state index is 0.0977. The van der Waals surface area contributed by atoms with E-state index < -0.39 is 11.9 Å². The number of esters is 1. The molecule has 2 aromatic heterocycles. The standard InChI is InChI=1S/C25H22Cl2N4O3/c1-5-34-25(33)19-12-28-31(23(19)30-24(32)17-7-6-16(26)11-20(17)27)21-10-14(3)18-9-13(2)8-15(4)22(18)29-21/h6-12H,5H2,1-4H3,(H,30,32). The van der Waals surface area contributed by atoms with Crippen LogP contribution in [0.2, 0.25) is 10.0 Å². The lowest BCUT2D eigenvalue weighted by molar-refractivity contribution is 0.0527. The highest BCUT2D eigenvalue weighted by molar-refractivity contribution is 6.37. The van der Waals surface area contributed by atoms with Crippen LogP contribution in [-0.2, 0) is 4.74 Å². The molecule has 0 unspecified atom stereocenters. The number of aromatic nitrogens is 3. The number of hydrogen-bond acceptors (Lipinski definition) is 5. The SMILES string of the molecule is CCOC(=O)c1cnn(-c2cc(C)c3cc(C)cc(C)c3n2)c1NC(=O)c1ccc(Cl)cc1Cl. The molecule has 0 spiro atoms. The minimum atomic E-state index is -0.615. The fraction of sp³-hybridized carbons (Fsp3) is 0.200. The van der Waals surface area contributed by atoms with E-state index in [1.54, 1.807) is 13.0 Å².